The summed E-state index contributed by atoms with van der Waals surface area (Å²) in [7, 11) is 1.36. The number of nitrogens with one attached hydrogen (secondary N) is 1. The van der Waals surface area contributed by atoms with E-state index < -0.39 is 48.7 Å². The van der Waals surface area contributed by atoms with Crippen LogP contribution >= 0.6 is 24.0 Å². The van der Waals surface area contributed by atoms with Gasteiger partial charge in [0, 0.05) is 38.2 Å². The number of amides is 2. The van der Waals surface area contributed by atoms with Crippen LogP contribution in [0.2, 0.25) is 0 Å². The normalized spacial score (nSPS) is 16.2. The average molecular weight is 758 g/mol. The number of carbonyl (C=O) groups excluding carboxylic acids is 3. The lowest BCUT2D eigenvalue weighted by Crippen LogP contribution is -2.38. The molecule has 2 aliphatic heterocycles. The highest BCUT2D eigenvalue weighted by Gasteiger charge is 2.32. The minimum absolute atomic E-state index is 0.0223. The number of hydrogen-bond acceptors (Lipinski definition) is 12. The SMILES string of the molecule is COc1cc(C(=O)OCC(O)CO)ccc1NC(=O)CCN1C(=O)C(=Cc2cc(-c3ccc(F)c(F)c3)ccc2OCCN2CCOCC2)SC1=S. The van der Waals surface area contributed by atoms with Crippen molar-refractivity contribution in [2.75, 3.05) is 71.6 Å². The molecule has 0 aliphatic carbocycles. The molecule has 1 unspecified atom stereocenters. The number of morpholine rings is 1. The van der Waals surface area contributed by atoms with Crippen molar-refractivity contribution in [1.29, 1.82) is 0 Å². The first-order valence-corrected chi connectivity index (χ1v) is 17.5. The largest absolute Gasteiger partial charge is 0.495 e. The topological polar surface area (TPSA) is 147 Å². The fraction of sp³-hybridized carbons (Fsp3) is 0.333. The van der Waals surface area contributed by atoms with E-state index in [2.05, 4.69) is 10.2 Å². The van der Waals surface area contributed by atoms with Crippen molar-refractivity contribution in [3.05, 3.63) is 82.3 Å². The maximum absolute atomic E-state index is 14.1. The molecule has 2 amide bonds. The van der Waals surface area contributed by atoms with Crippen molar-refractivity contribution in [3.8, 4) is 22.6 Å². The van der Waals surface area contributed by atoms with E-state index in [1.54, 1.807) is 24.3 Å². The van der Waals surface area contributed by atoms with Crippen LogP contribution in [0.15, 0.2) is 59.5 Å². The Bertz CT molecular complexity index is 1840. The number of esters is 1. The number of nitrogens with zero attached hydrogens (tertiary/aromatic N) is 2. The molecule has 276 valence electrons. The Morgan fingerprint density at radius 2 is 1.79 bits per heavy atom. The van der Waals surface area contributed by atoms with Gasteiger partial charge in [-0.25, -0.2) is 13.6 Å². The molecule has 5 rings (SSSR count). The lowest BCUT2D eigenvalue weighted by atomic mass is 10.0. The molecule has 0 aromatic heterocycles. The molecule has 2 saturated heterocycles. The lowest BCUT2D eigenvalue weighted by Gasteiger charge is -2.26. The highest BCUT2D eigenvalue weighted by atomic mass is 32.2. The van der Waals surface area contributed by atoms with Crippen LogP contribution in [0.4, 0.5) is 14.5 Å². The molecular formula is C36H37F2N3O9S2. The maximum atomic E-state index is 14.1. The Morgan fingerprint density at radius 3 is 2.52 bits per heavy atom. The summed E-state index contributed by atoms with van der Waals surface area (Å²) in [4.78, 5) is 42.6. The molecule has 2 aliphatic rings. The Labute approximate surface area is 308 Å². The lowest BCUT2D eigenvalue weighted by molar-refractivity contribution is -0.122. The fourth-order valence-corrected chi connectivity index (χ4v) is 6.55. The first-order valence-electron chi connectivity index (χ1n) is 16.3. The third-order valence-corrected chi connectivity index (χ3v) is 9.46. The summed E-state index contributed by atoms with van der Waals surface area (Å²) in [5.41, 5.74) is 1.93. The van der Waals surface area contributed by atoms with E-state index >= 15 is 0 Å². The van der Waals surface area contributed by atoms with Gasteiger partial charge in [-0.3, -0.25) is 19.4 Å². The predicted molar refractivity (Wildman–Crippen MR) is 194 cm³/mol. The molecule has 3 aromatic carbocycles. The van der Waals surface area contributed by atoms with Crippen molar-refractivity contribution >= 4 is 57.8 Å². The molecule has 2 fully saturated rings. The van der Waals surface area contributed by atoms with Crippen molar-refractivity contribution in [1.82, 2.24) is 9.80 Å². The van der Waals surface area contributed by atoms with Crippen molar-refractivity contribution in [2.45, 2.75) is 12.5 Å². The van der Waals surface area contributed by atoms with Crippen LogP contribution in [0.25, 0.3) is 17.2 Å². The summed E-state index contributed by atoms with van der Waals surface area (Å²) >= 11 is 6.57. The molecule has 52 heavy (non-hydrogen) atoms. The van der Waals surface area contributed by atoms with Crippen LogP contribution in [-0.2, 0) is 19.1 Å². The summed E-state index contributed by atoms with van der Waals surface area (Å²) in [5.74, 6) is -2.90. The van der Waals surface area contributed by atoms with E-state index in [1.165, 1.54) is 36.3 Å². The number of thiocarbonyl (C=S) groups is 1. The third kappa shape index (κ3) is 10.1. The van der Waals surface area contributed by atoms with Gasteiger partial charge in [-0.05, 0) is 59.7 Å². The molecule has 1 atom stereocenters. The highest BCUT2D eigenvalue weighted by molar-refractivity contribution is 8.26. The van der Waals surface area contributed by atoms with E-state index in [1.807, 2.05) is 0 Å². The van der Waals surface area contributed by atoms with Crippen LogP contribution in [0.3, 0.4) is 0 Å². The van der Waals surface area contributed by atoms with Gasteiger partial charge in [-0.15, -0.1) is 0 Å². The Morgan fingerprint density at radius 1 is 1.04 bits per heavy atom. The van der Waals surface area contributed by atoms with Gasteiger partial charge in [0.05, 0.1) is 43.1 Å². The number of anilines is 1. The van der Waals surface area contributed by atoms with Crippen LogP contribution in [0, 0.1) is 11.6 Å². The number of benzene rings is 3. The van der Waals surface area contributed by atoms with Gasteiger partial charge in [0.25, 0.3) is 5.91 Å². The molecule has 3 N–H and O–H groups in total. The van der Waals surface area contributed by atoms with E-state index in [9.17, 15) is 28.3 Å². The molecule has 0 saturated carbocycles. The molecule has 0 spiro atoms. The van der Waals surface area contributed by atoms with Gasteiger partial charge in [0.15, 0.2) is 11.6 Å². The van der Waals surface area contributed by atoms with Crippen molar-refractivity contribution in [2.24, 2.45) is 0 Å². The zero-order valence-electron chi connectivity index (χ0n) is 28.1. The number of thioether (sulfide) groups is 1. The van der Waals surface area contributed by atoms with Crippen molar-refractivity contribution < 1.29 is 52.3 Å². The first-order chi connectivity index (χ1) is 25.1. The quantitative estimate of drug-likeness (QED) is 0.117. The van der Waals surface area contributed by atoms with Gasteiger partial charge in [0.2, 0.25) is 5.91 Å². The summed E-state index contributed by atoms with van der Waals surface area (Å²) < 4.78 is 49.8. The number of halogens is 2. The summed E-state index contributed by atoms with van der Waals surface area (Å²) in [6.07, 6.45) is 0.306. The van der Waals surface area contributed by atoms with Gasteiger partial charge in [-0.1, -0.05) is 36.1 Å². The van der Waals surface area contributed by atoms with Crippen LogP contribution in [0.5, 0.6) is 11.5 Å². The van der Waals surface area contributed by atoms with Gasteiger partial charge < -0.3 is 34.5 Å². The third-order valence-electron chi connectivity index (χ3n) is 8.08. The molecule has 2 heterocycles. The molecular weight excluding hydrogens is 721 g/mol. The molecule has 16 heteroatoms. The maximum Gasteiger partial charge on any atom is 0.338 e. The molecule has 12 nitrogen and oxygen atoms in total. The Hall–Kier alpha value is -4.45. The van der Waals surface area contributed by atoms with E-state index in [4.69, 9.17) is 36.3 Å². The standard InChI is InChI=1S/C36H37F2N3O9S2/c1-47-31-18-24(35(46)50-21-26(43)20-42)3-6-29(31)39-33(44)8-9-41-34(45)32(52-36(41)51)19-25-16-22(23-2-5-27(37)28(38)17-23)4-7-30(25)49-15-12-40-10-13-48-14-11-40/h2-7,16-19,26,42-43H,8-15,20-21H2,1H3,(H,39,44). The Balaban J connectivity index is 1.26. The number of ether oxygens (including phenoxy) is 4. The molecule has 3 aromatic rings. The zero-order valence-corrected chi connectivity index (χ0v) is 29.8. The minimum atomic E-state index is -1.21. The van der Waals surface area contributed by atoms with Gasteiger partial charge in [-0.2, -0.15) is 0 Å². The van der Waals surface area contributed by atoms with Crippen LogP contribution in [0.1, 0.15) is 22.3 Å². The molecule has 0 radical (unpaired) electrons. The molecule has 0 bridgehead atoms. The second-order valence-electron chi connectivity index (χ2n) is 11.7. The zero-order chi connectivity index (χ0) is 37.2. The van der Waals surface area contributed by atoms with Gasteiger partial charge >= 0.3 is 5.97 Å². The number of rotatable bonds is 15. The predicted octanol–water partition coefficient (Wildman–Crippen LogP) is 4.09. The smallest absolute Gasteiger partial charge is 0.338 e. The van der Waals surface area contributed by atoms with E-state index in [0.717, 1.165) is 37.0 Å². The van der Waals surface area contributed by atoms with Crippen LogP contribution in [-0.4, -0.2) is 115 Å². The number of hydrogen-bond donors (Lipinski definition) is 3. The van der Waals surface area contributed by atoms with Crippen LogP contribution < -0.4 is 14.8 Å². The minimum Gasteiger partial charge on any atom is -0.495 e. The van der Waals surface area contributed by atoms with E-state index in [0.29, 0.717) is 53.7 Å². The number of aliphatic hydroxyl groups is 2. The number of aliphatic hydroxyl groups excluding tert-OH is 2. The van der Waals surface area contributed by atoms with Gasteiger partial charge in [0.1, 0.15) is 35.1 Å². The fourth-order valence-electron chi connectivity index (χ4n) is 5.25. The number of carbonyl (C=O) groups is 3. The monoisotopic (exact) mass is 757 g/mol. The summed E-state index contributed by atoms with van der Waals surface area (Å²) in [6.45, 7) is 2.94. The van der Waals surface area contributed by atoms with Crippen molar-refractivity contribution in [3.63, 3.8) is 0 Å². The average Bonchev–Trinajstić information content (AvgIpc) is 3.42. The second kappa shape index (κ2) is 18.3. The first kappa shape index (κ1) is 38.8. The second-order valence-corrected chi connectivity index (χ2v) is 13.3. The summed E-state index contributed by atoms with van der Waals surface area (Å²) in [5, 5.41) is 21.0. The number of methoxy groups -OCH3 is 1. The van der Waals surface area contributed by atoms with E-state index in [-0.39, 0.29) is 34.3 Å². The highest BCUT2D eigenvalue weighted by Crippen LogP contribution is 2.36. The Kier molecular flexibility index (Phi) is 13.7. The summed E-state index contributed by atoms with van der Waals surface area (Å²) in [6, 6.07) is 13.0.